The molecule has 1 rings (SSSR count). The van der Waals surface area contributed by atoms with Crippen LogP contribution in [0.25, 0.3) is 0 Å². The van der Waals surface area contributed by atoms with Crippen LogP contribution in [0.5, 0.6) is 0 Å². The quantitative estimate of drug-likeness (QED) is 0.442. The molecular weight excluding hydrogens is 242 g/mol. The van der Waals surface area contributed by atoms with Gasteiger partial charge in [0.15, 0.2) is 0 Å². The van der Waals surface area contributed by atoms with Gasteiger partial charge in [-0.2, -0.15) is 0 Å². The van der Waals surface area contributed by atoms with Gasteiger partial charge in [-0.1, -0.05) is 30.3 Å². The second-order valence-electron chi connectivity index (χ2n) is 3.13. The van der Waals surface area contributed by atoms with E-state index in [2.05, 4.69) is 10.9 Å². The van der Waals surface area contributed by atoms with Gasteiger partial charge in [0.05, 0.1) is 11.1 Å². The fourth-order valence-corrected chi connectivity index (χ4v) is 1.94. The topological polar surface area (TPSA) is 104 Å². The molecule has 0 fully saturated rings. The van der Waals surface area contributed by atoms with Crippen molar-refractivity contribution >= 4 is 23.8 Å². The van der Waals surface area contributed by atoms with Crippen molar-refractivity contribution < 1.29 is 14.7 Å². The number of carboxylic acid groups (broad SMARTS) is 1. The number of thioether (sulfide) groups is 1. The number of hydrogen-bond acceptors (Lipinski definition) is 4. The number of nitrogens with two attached hydrogens (primary N) is 1. The Labute approximate surface area is 103 Å². The number of nitrogens with one attached hydrogen (secondary N) is 2. The highest BCUT2D eigenvalue weighted by molar-refractivity contribution is 8.00. The Bertz CT molecular complexity index is 368. The third-order valence-electron chi connectivity index (χ3n) is 1.80. The minimum absolute atomic E-state index is 0.0764. The number of carbonyl (C=O) groups is 2. The Balaban J connectivity index is 2.64. The zero-order valence-corrected chi connectivity index (χ0v) is 9.74. The van der Waals surface area contributed by atoms with Gasteiger partial charge in [-0.05, 0) is 5.56 Å². The first kappa shape index (κ1) is 13.3. The Morgan fingerprint density at radius 3 is 2.53 bits per heavy atom. The number of aliphatic carboxylic acids is 1. The Morgan fingerprint density at radius 2 is 2.00 bits per heavy atom. The maximum atomic E-state index is 10.6. The lowest BCUT2D eigenvalue weighted by molar-refractivity contribution is -0.133. The van der Waals surface area contributed by atoms with Gasteiger partial charge in [0, 0.05) is 0 Å². The van der Waals surface area contributed by atoms with Gasteiger partial charge in [0.25, 0.3) is 0 Å². The van der Waals surface area contributed by atoms with Crippen LogP contribution >= 0.6 is 11.8 Å². The number of benzene rings is 1. The van der Waals surface area contributed by atoms with E-state index < -0.39 is 12.0 Å². The molecule has 7 heteroatoms. The summed E-state index contributed by atoms with van der Waals surface area (Å²) in [6, 6.07) is 8.45. The number of hydrogen-bond donors (Lipinski definition) is 4. The van der Waals surface area contributed by atoms with Gasteiger partial charge in [0.1, 0.15) is 0 Å². The van der Waals surface area contributed by atoms with Crippen LogP contribution in [0.1, 0.15) is 10.9 Å². The third-order valence-corrected chi connectivity index (χ3v) is 2.94. The van der Waals surface area contributed by atoms with Gasteiger partial charge in [-0.25, -0.2) is 10.2 Å². The largest absolute Gasteiger partial charge is 0.481 e. The molecular formula is C10H13N3O3S. The smallest absolute Gasteiger partial charge is 0.326 e. The van der Waals surface area contributed by atoms with Crippen molar-refractivity contribution in [2.75, 3.05) is 5.75 Å². The molecule has 5 N–H and O–H groups in total. The highest BCUT2D eigenvalue weighted by Crippen LogP contribution is 2.24. The van der Waals surface area contributed by atoms with E-state index in [1.165, 1.54) is 0 Å². The zero-order valence-electron chi connectivity index (χ0n) is 8.92. The van der Waals surface area contributed by atoms with Crippen LogP contribution in [0, 0.1) is 0 Å². The maximum Gasteiger partial charge on any atom is 0.326 e. The van der Waals surface area contributed by atoms with Crippen molar-refractivity contribution in [1.29, 1.82) is 0 Å². The van der Waals surface area contributed by atoms with E-state index in [-0.39, 0.29) is 11.1 Å². The van der Waals surface area contributed by atoms with E-state index in [1.807, 2.05) is 30.3 Å². The van der Waals surface area contributed by atoms with Gasteiger partial charge >= 0.3 is 12.0 Å². The lowest BCUT2D eigenvalue weighted by atomic mass is 10.2. The lowest BCUT2D eigenvalue weighted by Gasteiger charge is -2.17. The summed E-state index contributed by atoms with van der Waals surface area (Å²) in [6.45, 7) is 0. The van der Waals surface area contributed by atoms with E-state index in [9.17, 15) is 9.59 Å². The number of carboxylic acids is 1. The zero-order chi connectivity index (χ0) is 12.7. The third kappa shape index (κ3) is 5.23. The minimum atomic E-state index is -0.920. The second-order valence-corrected chi connectivity index (χ2v) is 4.22. The highest BCUT2D eigenvalue weighted by Gasteiger charge is 2.13. The van der Waals surface area contributed by atoms with Gasteiger partial charge in [0.2, 0.25) is 0 Å². The van der Waals surface area contributed by atoms with E-state index in [4.69, 9.17) is 10.8 Å². The molecule has 0 aromatic heterocycles. The standard InChI is InChI=1S/C10H13N3O3S/c11-10(16)13-12-9(17-6-8(14)15)7-4-2-1-3-5-7/h1-5,9,12H,6H2,(H,14,15)(H3,11,13,16)/t9-/m1/s1. The first-order valence-electron chi connectivity index (χ1n) is 4.79. The van der Waals surface area contributed by atoms with Gasteiger partial charge in [-0.3, -0.25) is 10.2 Å². The van der Waals surface area contributed by atoms with Crippen molar-refractivity contribution in [2.24, 2.45) is 5.73 Å². The van der Waals surface area contributed by atoms with Gasteiger partial charge in [-0.15, -0.1) is 11.8 Å². The number of amides is 2. The van der Waals surface area contributed by atoms with Crippen molar-refractivity contribution in [3.8, 4) is 0 Å². The SMILES string of the molecule is NC(=O)NN[C@H](SCC(=O)O)c1ccccc1. The summed E-state index contributed by atoms with van der Waals surface area (Å²) in [6.07, 6.45) is 0. The van der Waals surface area contributed by atoms with Crippen LogP contribution < -0.4 is 16.6 Å². The van der Waals surface area contributed by atoms with Crippen LogP contribution in [-0.4, -0.2) is 22.9 Å². The molecule has 0 aliphatic heterocycles. The fraction of sp³-hybridized carbons (Fsp3) is 0.200. The molecule has 1 aromatic rings. The van der Waals surface area contributed by atoms with Crippen molar-refractivity contribution in [1.82, 2.24) is 10.9 Å². The summed E-state index contributed by atoms with van der Waals surface area (Å²) in [5.41, 5.74) is 10.7. The van der Waals surface area contributed by atoms with Crippen LogP contribution in [0.2, 0.25) is 0 Å². The molecule has 17 heavy (non-hydrogen) atoms. The molecule has 1 aromatic carbocycles. The molecule has 0 radical (unpaired) electrons. The van der Waals surface area contributed by atoms with Crippen LogP contribution in [0.3, 0.4) is 0 Å². The maximum absolute atomic E-state index is 10.6. The van der Waals surface area contributed by atoms with Gasteiger partial charge < -0.3 is 10.8 Å². The monoisotopic (exact) mass is 255 g/mol. The van der Waals surface area contributed by atoms with Crippen LogP contribution in [0.4, 0.5) is 4.79 Å². The number of carbonyl (C=O) groups excluding carboxylic acids is 1. The first-order chi connectivity index (χ1) is 8.09. The summed E-state index contributed by atoms with van der Waals surface area (Å²) in [5, 5.41) is 8.26. The van der Waals surface area contributed by atoms with E-state index in [0.717, 1.165) is 17.3 Å². The normalized spacial score (nSPS) is 11.8. The summed E-state index contributed by atoms with van der Waals surface area (Å²) < 4.78 is 0. The van der Waals surface area contributed by atoms with E-state index >= 15 is 0 Å². The molecule has 6 nitrogen and oxygen atoms in total. The highest BCUT2D eigenvalue weighted by atomic mass is 32.2. The van der Waals surface area contributed by atoms with Crippen LogP contribution in [0.15, 0.2) is 30.3 Å². The average molecular weight is 255 g/mol. The molecule has 0 saturated carbocycles. The van der Waals surface area contributed by atoms with Crippen molar-refractivity contribution in [3.63, 3.8) is 0 Å². The Kier molecular flexibility index (Phi) is 5.31. The first-order valence-corrected chi connectivity index (χ1v) is 5.84. The number of primary amides is 1. The summed E-state index contributed by atoms with van der Waals surface area (Å²) >= 11 is 1.14. The molecule has 0 aliphatic rings. The van der Waals surface area contributed by atoms with E-state index in [1.54, 1.807) is 0 Å². The lowest BCUT2D eigenvalue weighted by Crippen LogP contribution is -2.42. The Hall–Kier alpha value is -1.73. The Morgan fingerprint density at radius 1 is 1.35 bits per heavy atom. The summed E-state index contributed by atoms with van der Waals surface area (Å²) in [5.74, 6) is -0.996. The fourth-order valence-electron chi connectivity index (χ4n) is 1.14. The molecule has 92 valence electrons. The van der Waals surface area contributed by atoms with Crippen molar-refractivity contribution in [2.45, 2.75) is 5.37 Å². The molecule has 0 unspecified atom stereocenters. The second kappa shape index (κ2) is 6.77. The number of rotatable bonds is 6. The predicted molar refractivity (Wildman–Crippen MR) is 65.1 cm³/mol. The molecule has 0 spiro atoms. The van der Waals surface area contributed by atoms with E-state index in [0.29, 0.717) is 0 Å². The number of urea groups is 1. The van der Waals surface area contributed by atoms with Crippen LogP contribution in [-0.2, 0) is 4.79 Å². The summed E-state index contributed by atoms with van der Waals surface area (Å²) in [4.78, 5) is 21.1. The average Bonchev–Trinajstić information content (AvgIpc) is 2.29. The van der Waals surface area contributed by atoms with Crippen molar-refractivity contribution in [3.05, 3.63) is 35.9 Å². The molecule has 0 saturated heterocycles. The molecule has 0 aliphatic carbocycles. The molecule has 0 bridgehead atoms. The number of hydrazine groups is 1. The predicted octanol–water partition coefficient (Wildman–Crippen LogP) is 0.676. The minimum Gasteiger partial charge on any atom is -0.481 e. The molecule has 2 amide bonds. The summed E-state index contributed by atoms with van der Waals surface area (Å²) in [7, 11) is 0. The molecule has 1 atom stereocenters. The molecule has 0 heterocycles.